The van der Waals surface area contributed by atoms with Crippen molar-refractivity contribution in [3.8, 4) is 17.2 Å². The maximum Gasteiger partial charge on any atom is 0.253 e. The van der Waals surface area contributed by atoms with E-state index in [2.05, 4.69) is 16.7 Å². The number of benzene rings is 1. The summed E-state index contributed by atoms with van der Waals surface area (Å²) in [4.78, 5) is 58.2. The van der Waals surface area contributed by atoms with Gasteiger partial charge >= 0.3 is 0 Å². The van der Waals surface area contributed by atoms with Crippen molar-refractivity contribution in [2.45, 2.75) is 45.1 Å². The zero-order valence-corrected chi connectivity index (χ0v) is 25.9. The predicted molar refractivity (Wildman–Crippen MR) is 168 cm³/mol. The summed E-state index contributed by atoms with van der Waals surface area (Å²) < 4.78 is 5.33. The van der Waals surface area contributed by atoms with Gasteiger partial charge in [0.1, 0.15) is 23.5 Å². The van der Waals surface area contributed by atoms with E-state index in [9.17, 15) is 24.4 Å². The molecule has 3 heterocycles. The molecule has 1 atom stereocenters. The number of amides is 3. The van der Waals surface area contributed by atoms with Gasteiger partial charge in [0, 0.05) is 56.0 Å². The summed E-state index contributed by atoms with van der Waals surface area (Å²) in [6, 6.07) is 11.2. The molecule has 4 aliphatic rings. The molecular weight excluding hydrogens is 572 g/mol. The third-order valence-corrected chi connectivity index (χ3v) is 8.36. The Kier molecular flexibility index (Phi) is 9.52. The van der Waals surface area contributed by atoms with Gasteiger partial charge in [-0.2, -0.15) is 5.26 Å². The van der Waals surface area contributed by atoms with Gasteiger partial charge in [-0.3, -0.25) is 19.2 Å². The van der Waals surface area contributed by atoms with E-state index < -0.39 is 11.8 Å². The second kappa shape index (κ2) is 13.7. The molecule has 1 aliphatic carbocycles. The van der Waals surface area contributed by atoms with Crippen molar-refractivity contribution in [1.82, 2.24) is 20.0 Å². The molecule has 11 nitrogen and oxygen atoms in total. The zero-order chi connectivity index (χ0) is 32.1. The van der Waals surface area contributed by atoms with Crippen molar-refractivity contribution in [3.05, 3.63) is 77.0 Å². The number of aryl methyl sites for hydroxylation is 1. The van der Waals surface area contributed by atoms with E-state index in [0.29, 0.717) is 37.3 Å². The standard InChI is InChI=1S/C34H38N6O5/c1-22-17-25-21-45-16-12-26(25)30(22)37-32(27(19-35)31(42)23-9-8-10-24(18-23)33(43)38(2)3)36-28-11-4-5-15-40(34(28)44)20-29(41)39-13-6-7-14-39/h8-10,12,16-18,21,28,36-37H,4-7,11,13-15,20H2,1-3H3/t28-/m0/s1. The number of nitrogens with zero attached hydrogens (tertiary/aromatic N) is 4. The van der Waals surface area contributed by atoms with Crippen LogP contribution in [0.5, 0.6) is 0 Å². The second-order valence-corrected chi connectivity index (χ2v) is 11.8. The summed E-state index contributed by atoms with van der Waals surface area (Å²) in [5, 5.41) is 16.9. The third-order valence-electron chi connectivity index (χ3n) is 8.36. The minimum Gasteiger partial charge on any atom is -0.472 e. The van der Waals surface area contributed by atoms with Crippen molar-refractivity contribution in [2.75, 3.05) is 45.6 Å². The SMILES string of the molecule is Cc1cc2coccc-2c1NC(N[C@H]1CCCCN(CC(=O)N2CCCC2)C1=O)=C(C#N)C(=O)c1cccc(C(=O)N(C)C)c1. The highest BCUT2D eigenvalue weighted by atomic mass is 16.3. The highest BCUT2D eigenvalue weighted by Gasteiger charge is 2.32. The van der Waals surface area contributed by atoms with Crippen molar-refractivity contribution in [2.24, 2.45) is 0 Å². The Morgan fingerprint density at radius 2 is 1.78 bits per heavy atom. The summed E-state index contributed by atoms with van der Waals surface area (Å²) in [5.74, 6) is -1.13. The number of hydrogen-bond donors (Lipinski definition) is 2. The maximum atomic E-state index is 13.9. The normalized spacial score (nSPS) is 17.4. The van der Waals surface area contributed by atoms with Crippen molar-refractivity contribution in [3.63, 3.8) is 0 Å². The molecular formula is C34H38N6O5. The minimum absolute atomic E-state index is 0.00365. The summed E-state index contributed by atoms with van der Waals surface area (Å²) in [6.45, 7) is 3.75. The molecule has 0 radical (unpaired) electrons. The van der Waals surface area contributed by atoms with Gasteiger partial charge in [-0.15, -0.1) is 0 Å². The summed E-state index contributed by atoms with van der Waals surface area (Å²) in [6.07, 6.45) is 6.98. The molecule has 1 aromatic carbocycles. The number of fused-ring (bicyclic) bond motifs is 1. The van der Waals surface area contributed by atoms with Gasteiger partial charge in [0.2, 0.25) is 17.6 Å². The topological polar surface area (TPSA) is 139 Å². The van der Waals surface area contributed by atoms with Gasteiger partial charge in [0.25, 0.3) is 5.91 Å². The smallest absolute Gasteiger partial charge is 0.253 e. The van der Waals surface area contributed by atoms with Crippen LogP contribution in [0.25, 0.3) is 11.1 Å². The Morgan fingerprint density at radius 1 is 1.04 bits per heavy atom. The molecule has 0 bridgehead atoms. The van der Waals surface area contributed by atoms with Crippen LogP contribution in [-0.4, -0.2) is 84.5 Å². The number of nitrogens with one attached hydrogen (secondary N) is 2. The highest BCUT2D eigenvalue weighted by Crippen LogP contribution is 2.37. The van der Waals surface area contributed by atoms with E-state index in [0.717, 1.165) is 42.4 Å². The van der Waals surface area contributed by atoms with Crippen LogP contribution in [0.15, 0.2) is 64.7 Å². The molecule has 2 saturated heterocycles. The first-order chi connectivity index (χ1) is 21.7. The number of hydrogen-bond acceptors (Lipinski definition) is 8. The molecule has 2 N–H and O–H groups in total. The number of ketones is 1. The van der Waals surface area contributed by atoms with Crippen LogP contribution < -0.4 is 10.6 Å². The number of rotatable bonds is 9. The van der Waals surface area contributed by atoms with Crippen LogP contribution in [0.1, 0.15) is 58.4 Å². The Morgan fingerprint density at radius 3 is 2.51 bits per heavy atom. The Bertz CT molecular complexity index is 1640. The van der Waals surface area contributed by atoms with Gasteiger partial charge in [0.05, 0.1) is 24.8 Å². The van der Waals surface area contributed by atoms with Gasteiger partial charge in [-0.25, -0.2) is 0 Å². The van der Waals surface area contributed by atoms with Crippen molar-refractivity contribution in [1.29, 1.82) is 5.26 Å². The van der Waals surface area contributed by atoms with Crippen molar-refractivity contribution >= 4 is 29.2 Å². The first-order valence-corrected chi connectivity index (χ1v) is 15.2. The van der Waals surface area contributed by atoms with Gasteiger partial charge in [-0.05, 0) is 68.9 Å². The largest absolute Gasteiger partial charge is 0.472 e. The molecule has 3 amide bonds. The van der Waals surface area contributed by atoms with E-state index in [-0.39, 0.29) is 41.2 Å². The molecule has 1 aromatic rings. The van der Waals surface area contributed by atoms with E-state index in [1.807, 2.05) is 13.0 Å². The second-order valence-electron chi connectivity index (χ2n) is 11.8. The van der Waals surface area contributed by atoms with E-state index in [1.165, 1.54) is 17.2 Å². The lowest BCUT2D eigenvalue weighted by atomic mass is 10.0. The number of likely N-dealkylation sites (tertiary alicyclic amines) is 2. The average molecular weight is 611 g/mol. The first kappa shape index (κ1) is 31.3. The van der Waals surface area contributed by atoms with Gasteiger partial charge in [-0.1, -0.05) is 12.1 Å². The van der Waals surface area contributed by atoms with Crippen LogP contribution in [-0.2, 0) is 9.59 Å². The van der Waals surface area contributed by atoms with Gasteiger partial charge in [0.15, 0.2) is 0 Å². The minimum atomic E-state index is -0.782. The van der Waals surface area contributed by atoms with Crippen LogP contribution >= 0.6 is 0 Å². The molecule has 2 fully saturated rings. The van der Waals surface area contributed by atoms with Crippen LogP contribution in [0.4, 0.5) is 5.69 Å². The number of nitriles is 1. The Labute approximate surface area is 262 Å². The van der Waals surface area contributed by atoms with Crippen LogP contribution in [0.3, 0.4) is 0 Å². The maximum absolute atomic E-state index is 13.9. The van der Waals surface area contributed by atoms with Gasteiger partial charge < -0.3 is 29.8 Å². The van der Waals surface area contributed by atoms with Crippen LogP contribution in [0, 0.1) is 18.3 Å². The highest BCUT2D eigenvalue weighted by molar-refractivity contribution is 6.13. The van der Waals surface area contributed by atoms with E-state index >= 15 is 0 Å². The van der Waals surface area contributed by atoms with E-state index in [4.69, 9.17) is 4.42 Å². The third kappa shape index (κ3) is 6.85. The number of anilines is 1. The molecule has 234 valence electrons. The van der Waals surface area contributed by atoms with Crippen LogP contribution in [0.2, 0.25) is 0 Å². The summed E-state index contributed by atoms with van der Waals surface area (Å²) >= 11 is 0. The fraction of sp³-hybridized carbons (Fsp3) is 0.382. The molecule has 5 rings (SSSR count). The lowest BCUT2D eigenvalue weighted by Gasteiger charge is -2.28. The monoisotopic (exact) mass is 610 g/mol. The lowest BCUT2D eigenvalue weighted by molar-refractivity contribution is -0.140. The van der Waals surface area contributed by atoms with Crippen molar-refractivity contribution < 1.29 is 23.6 Å². The molecule has 45 heavy (non-hydrogen) atoms. The Hall–Kier alpha value is -5.11. The predicted octanol–water partition coefficient (Wildman–Crippen LogP) is 4.02. The summed E-state index contributed by atoms with van der Waals surface area (Å²) in [5.41, 5.74) is 3.37. The first-order valence-electron chi connectivity index (χ1n) is 15.2. The number of Topliss-reactive ketones (excluding diaryl/α,β-unsaturated/α-hetero) is 1. The lowest BCUT2D eigenvalue weighted by Crippen LogP contribution is -2.49. The number of carbonyl (C=O) groups excluding carboxylic acids is 4. The quantitative estimate of drug-likeness (QED) is 0.211. The van der Waals surface area contributed by atoms with E-state index in [1.54, 1.807) is 54.4 Å². The molecule has 0 aromatic heterocycles. The number of allylic oxidation sites excluding steroid dienone is 1. The fourth-order valence-electron chi connectivity index (χ4n) is 5.91. The molecule has 11 heteroatoms. The molecule has 0 unspecified atom stereocenters. The molecule has 3 aliphatic heterocycles. The molecule has 0 saturated carbocycles. The molecule has 0 spiro atoms. The Balaban J connectivity index is 1.51. The summed E-state index contributed by atoms with van der Waals surface area (Å²) in [7, 11) is 3.24. The zero-order valence-electron chi connectivity index (χ0n) is 25.9. The number of carbonyl (C=O) groups is 4. The average Bonchev–Trinajstić information content (AvgIpc) is 3.65. The fourth-order valence-corrected chi connectivity index (χ4v) is 5.91.